The number of hydrogen-bond donors (Lipinski definition) is 1. The maximum Gasteiger partial charge on any atom is 0.163 e. The molecule has 2 aromatic heterocycles. The van der Waals surface area contributed by atoms with Crippen LogP contribution in [0.15, 0.2) is 18.6 Å². The van der Waals surface area contributed by atoms with Gasteiger partial charge in [0, 0.05) is 18.7 Å². The van der Waals surface area contributed by atoms with E-state index in [9.17, 15) is 0 Å². The number of aromatic nitrogens is 4. The van der Waals surface area contributed by atoms with Gasteiger partial charge < -0.3 is 5.73 Å². The van der Waals surface area contributed by atoms with Crippen LogP contribution in [0.1, 0.15) is 32.0 Å². The molecule has 0 radical (unpaired) electrons. The molecular weight excluding hydrogens is 214 g/mol. The lowest BCUT2D eigenvalue weighted by Gasteiger charge is -2.12. The summed E-state index contributed by atoms with van der Waals surface area (Å²) in [4.78, 5) is 4.09. The second kappa shape index (κ2) is 5.72. The van der Waals surface area contributed by atoms with E-state index in [0.29, 0.717) is 5.92 Å². The highest BCUT2D eigenvalue weighted by atomic mass is 15.3. The Kier molecular flexibility index (Phi) is 4.03. The van der Waals surface area contributed by atoms with Crippen LogP contribution in [0, 0.1) is 5.92 Å². The van der Waals surface area contributed by atoms with Crippen molar-refractivity contribution in [2.24, 2.45) is 11.7 Å². The van der Waals surface area contributed by atoms with E-state index in [1.54, 1.807) is 12.5 Å². The Hall–Kier alpha value is -1.49. The molecule has 0 amide bonds. The molecule has 5 nitrogen and oxygen atoms in total. The van der Waals surface area contributed by atoms with E-state index in [2.05, 4.69) is 22.1 Å². The molecule has 0 aliphatic rings. The minimum atomic E-state index is 0.684. The van der Waals surface area contributed by atoms with Crippen molar-refractivity contribution in [1.29, 1.82) is 0 Å². The van der Waals surface area contributed by atoms with Gasteiger partial charge in [0.25, 0.3) is 0 Å². The molecule has 0 saturated heterocycles. The predicted octanol–water partition coefficient (Wildman–Crippen LogP) is 1.43. The van der Waals surface area contributed by atoms with Gasteiger partial charge in [-0.05, 0) is 25.3 Å². The predicted molar refractivity (Wildman–Crippen MR) is 66.6 cm³/mol. The van der Waals surface area contributed by atoms with Crippen molar-refractivity contribution in [3.05, 3.63) is 24.4 Å². The highest BCUT2D eigenvalue weighted by Crippen LogP contribution is 2.15. The molecule has 0 spiro atoms. The van der Waals surface area contributed by atoms with Crippen molar-refractivity contribution in [3.8, 4) is 0 Å². The van der Waals surface area contributed by atoms with E-state index in [1.807, 2.05) is 10.5 Å². The maximum absolute atomic E-state index is 5.60. The summed E-state index contributed by atoms with van der Waals surface area (Å²) in [5.74, 6) is 1.67. The van der Waals surface area contributed by atoms with Crippen molar-refractivity contribution >= 4 is 5.65 Å². The van der Waals surface area contributed by atoms with Gasteiger partial charge in [0.05, 0.1) is 0 Å². The highest BCUT2D eigenvalue weighted by Gasteiger charge is 2.09. The maximum atomic E-state index is 5.60. The van der Waals surface area contributed by atoms with Crippen LogP contribution >= 0.6 is 0 Å². The second-order valence-electron chi connectivity index (χ2n) is 4.32. The van der Waals surface area contributed by atoms with Gasteiger partial charge in [-0.1, -0.05) is 13.3 Å². The molecule has 92 valence electrons. The van der Waals surface area contributed by atoms with Crippen LogP contribution in [0.3, 0.4) is 0 Å². The molecule has 5 heteroatoms. The first kappa shape index (κ1) is 12.0. The molecule has 2 aromatic rings. The van der Waals surface area contributed by atoms with Gasteiger partial charge in [0.1, 0.15) is 12.2 Å². The standard InChI is InChI=1S/C12H19N5/c1-2-10(5-7-13)3-4-11-15-16-12-6-8-14-9-17(11)12/h6,8-10H,2-5,7,13H2,1H3. The van der Waals surface area contributed by atoms with E-state index >= 15 is 0 Å². The zero-order chi connectivity index (χ0) is 12.1. The quantitative estimate of drug-likeness (QED) is 0.819. The molecule has 2 heterocycles. The zero-order valence-electron chi connectivity index (χ0n) is 10.2. The van der Waals surface area contributed by atoms with E-state index in [0.717, 1.165) is 37.3 Å². The number of fused-ring (bicyclic) bond motifs is 1. The van der Waals surface area contributed by atoms with Crippen molar-refractivity contribution < 1.29 is 0 Å². The number of hydrogen-bond acceptors (Lipinski definition) is 4. The van der Waals surface area contributed by atoms with E-state index in [1.165, 1.54) is 6.42 Å². The number of nitrogens with zero attached hydrogens (tertiary/aromatic N) is 4. The van der Waals surface area contributed by atoms with Gasteiger partial charge in [-0.3, -0.25) is 4.40 Å². The van der Waals surface area contributed by atoms with Crippen LogP contribution in [0.25, 0.3) is 5.65 Å². The van der Waals surface area contributed by atoms with Gasteiger partial charge >= 0.3 is 0 Å². The summed E-state index contributed by atoms with van der Waals surface area (Å²) >= 11 is 0. The van der Waals surface area contributed by atoms with E-state index < -0.39 is 0 Å². The first-order valence-electron chi connectivity index (χ1n) is 6.18. The molecule has 0 aliphatic heterocycles. The van der Waals surface area contributed by atoms with Crippen molar-refractivity contribution in [2.75, 3.05) is 6.54 Å². The molecule has 0 fully saturated rings. The lowest BCUT2D eigenvalue weighted by molar-refractivity contribution is 0.438. The van der Waals surface area contributed by atoms with Gasteiger partial charge in [-0.25, -0.2) is 4.98 Å². The van der Waals surface area contributed by atoms with Crippen LogP contribution in [0.5, 0.6) is 0 Å². The largest absolute Gasteiger partial charge is 0.330 e. The third kappa shape index (κ3) is 2.79. The Balaban J connectivity index is 2.03. The fourth-order valence-electron chi connectivity index (χ4n) is 2.08. The molecular formula is C12H19N5. The van der Waals surface area contributed by atoms with Gasteiger partial charge in [0.15, 0.2) is 5.65 Å². The minimum absolute atomic E-state index is 0.684. The molecule has 0 bridgehead atoms. The first-order chi connectivity index (χ1) is 8.35. The average molecular weight is 233 g/mol. The van der Waals surface area contributed by atoms with Crippen LogP contribution in [-0.2, 0) is 6.42 Å². The summed E-state index contributed by atoms with van der Waals surface area (Å²) in [6.07, 6.45) is 7.82. The van der Waals surface area contributed by atoms with E-state index in [-0.39, 0.29) is 0 Å². The van der Waals surface area contributed by atoms with Crippen LogP contribution < -0.4 is 5.73 Å². The average Bonchev–Trinajstić information content (AvgIpc) is 2.78. The zero-order valence-corrected chi connectivity index (χ0v) is 10.2. The molecule has 2 N–H and O–H groups in total. The molecule has 0 aliphatic carbocycles. The molecule has 2 rings (SSSR count). The Labute approximate surface area is 101 Å². The lowest BCUT2D eigenvalue weighted by Crippen LogP contribution is -2.09. The SMILES string of the molecule is CCC(CCN)CCc1nnc2ccncn12. The highest BCUT2D eigenvalue weighted by molar-refractivity contribution is 5.35. The molecule has 0 saturated carbocycles. The summed E-state index contributed by atoms with van der Waals surface area (Å²) < 4.78 is 1.95. The Morgan fingerprint density at radius 1 is 1.35 bits per heavy atom. The molecule has 1 atom stereocenters. The summed E-state index contributed by atoms with van der Waals surface area (Å²) in [5, 5.41) is 8.32. The first-order valence-corrected chi connectivity index (χ1v) is 6.18. The smallest absolute Gasteiger partial charge is 0.163 e. The number of rotatable bonds is 6. The summed E-state index contributed by atoms with van der Waals surface area (Å²) in [5.41, 5.74) is 6.46. The van der Waals surface area contributed by atoms with Crippen LogP contribution in [-0.4, -0.2) is 26.1 Å². The van der Waals surface area contributed by atoms with Crippen molar-refractivity contribution in [2.45, 2.75) is 32.6 Å². The third-order valence-electron chi connectivity index (χ3n) is 3.21. The number of nitrogens with two attached hydrogens (primary N) is 1. The second-order valence-corrected chi connectivity index (χ2v) is 4.32. The normalized spacial score (nSPS) is 13.1. The summed E-state index contributed by atoms with van der Waals surface area (Å²) in [7, 11) is 0. The van der Waals surface area contributed by atoms with Crippen LogP contribution in [0.2, 0.25) is 0 Å². The third-order valence-corrected chi connectivity index (χ3v) is 3.21. The number of aryl methyl sites for hydroxylation is 1. The topological polar surface area (TPSA) is 69.1 Å². The van der Waals surface area contributed by atoms with E-state index in [4.69, 9.17) is 5.73 Å². The fraction of sp³-hybridized carbons (Fsp3) is 0.583. The summed E-state index contributed by atoms with van der Waals surface area (Å²) in [6, 6.07) is 1.87. The van der Waals surface area contributed by atoms with Crippen molar-refractivity contribution in [1.82, 2.24) is 19.6 Å². The van der Waals surface area contributed by atoms with Gasteiger partial charge in [-0.15, -0.1) is 10.2 Å². The Morgan fingerprint density at radius 2 is 2.24 bits per heavy atom. The summed E-state index contributed by atoms with van der Waals surface area (Å²) in [6.45, 7) is 2.98. The Bertz CT molecular complexity index is 465. The lowest BCUT2D eigenvalue weighted by atomic mass is 9.96. The van der Waals surface area contributed by atoms with Crippen LogP contribution in [0.4, 0.5) is 0 Å². The Morgan fingerprint density at radius 3 is 3.00 bits per heavy atom. The van der Waals surface area contributed by atoms with Gasteiger partial charge in [-0.2, -0.15) is 0 Å². The fourth-order valence-corrected chi connectivity index (χ4v) is 2.08. The monoisotopic (exact) mass is 233 g/mol. The van der Waals surface area contributed by atoms with Crippen molar-refractivity contribution in [3.63, 3.8) is 0 Å². The van der Waals surface area contributed by atoms with Gasteiger partial charge in [0.2, 0.25) is 0 Å². The molecule has 1 unspecified atom stereocenters. The minimum Gasteiger partial charge on any atom is -0.330 e. The molecule has 0 aromatic carbocycles. The molecule has 17 heavy (non-hydrogen) atoms.